The van der Waals surface area contributed by atoms with E-state index in [1.54, 1.807) is 14.0 Å². The van der Waals surface area contributed by atoms with Crippen LogP contribution in [0.5, 0.6) is 0 Å². The van der Waals surface area contributed by atoms with E-state index in [4.69, 9.17) is 0 Å². The number of benzene rings is 1. The van der Waals surface area contributed by atoms with E-state index in [2.05, 4.69) is 44.8 Å². The highest BCUT2D eigenvalue weighted by molar-refractivity contribution is 14.0. The molecule has 1 aromatic carbocycles. The largest absolute Gasteiger partial charge is 0.369 e. The number of anilines is 1. The predicted octanol–water partition coefficient (Wildman–Crippen LogP) is 2.11. The third-order valence-corrected chi connectivity index (χ3v) is 6.60. The van der Waals surface area contributed by atoms with Crippen LogP contribution in [0.2, 0.25) is 0 Å². The second-order valence-corrected chi connectivity index (χ2v) is 9.11. The Hall–Kier alpha value is -1.07. The molecule has 7 nitrogen and oxygen atoms in total. The standard InChI is InChI=1S/C19H33N5O2S.HI/c1-4-20-19(21-13-9-14-23(3)27(25,26)5-2)22-17-12-15-24(16-17)18-10-7-6-8-11-18;/h6-8,10-11,17H,4-5,9,12-16H2,1-3H3,(H2,20,21,22);1H. The van der Waals surface area contributed by atoms with Gasteiger partial charge in [0.15, 0.2) is 5.96 Å². The number of hydrogen-bond donors (Lipinski definition) is 2. The van der Waals surface area contributed by atoms with Crippen molar-refractivity contribution in [2.75, 3.05) is 50.4 Å². The molecule has 0 aliphatic carbocycles. The van der Waals surface area contributed by atoms with Crippen LogP contribution in [0, 0.1) is 0 Å². The molecule has 0 spiro atoms. The molecule has 1 unspecified atom stereocenters. The van der Waals surface area contributed by atoms with Gasteiger partial charge >= 0.3 is 0 Å². The molecule has 0 amide bonds. The summed E-state index contributed by atoms with van der Waals surface area (Å²) in [6.07, 6.45) is 1.77. The van der Waals surface area contributed by atoms with Crippen molar-refractivity contribution in [3.63, 3.8) is 0 Å². The number of hydrogen-bond acceptors (Lipinski definition) is 4. The molecule has 0 radical (unpaired) electrons. The number of aliphatic imine (C=N–C) groups is 1. The van der Waals surface area contributed by atoms with Gasteiger partial charge in [-0.25, -0.2) is 12.7 Å². The molecule has 1 saturated heterocycles. The van der Waals surface area contributed by atoms with Gasteiger partial charge < -0.3 is 15.5 Å². The second-order valence-electron chi connectivity index (χ2n) is 6.75. The van der Waals surface area contributed by atoms with Gasteiger partial charge in [0, 0.05) is 51.5 Å². The maximum absolute atomic E-state index is 11.8. The molecule has 9 heteroatoms. The van der Waals surface area contributed by atoms with Crippen LogP contribution in [0.3, 0.4) is 0 Å². The molecular formula is C19H34IN5O2S. The number of guanidine groups is 1. The van der Waals surface area contributed by atoms with Gasteiger partial charge in [0.05, 0.1) is 5.75 Å². The van der Waals surface area contributed by atoms with Gasteiger partial charge in [-0.2, -0.15) is 0 Å². The highest BCUT2D eigenvalue weighted by Crippen LogP contribution is 2.19. The zero-order chi connectivity index (χ0) is 19.7. The minimum Gasteiger partial charge on any atom is -0.369 e. The second kappa shape index (κ2) is 12.5. The zero-order valence-electron chi connectivity index (χ0n) is 17.1. The van der Waals surface area contributed by atoms with Gasteiger partial charge in [-0.3, -0.25) is 4.99 Å². The molecule has 0 saturated carbocycles. The molecule has 1 aliphatic rings. The monoisotopic (exact) mass is 523 g/mol. The minimum atomic E-state index is -3.11. The third-order valence-electron chi connectivity index (χ3n) is 4.74. The predicted molar refractivity (Wildman–Crippen MR) is 128 cm³/mol. The molecule has 1 heterocycles. The fraction of sp³-hybridized carbons (Fsp3) is 0.632. The summed E-state index contributed by atoms with van der Waals surface area (Å²) < 4.78 is 25.0. The van der Waals surface area contributed by atoms with Crippen LogP contribution in [-0.2, 0) is 10.0 Å². The SMILES string of the molecule is CCNC(=NCCCN(C)S(=O)(=O)CC)NC1CCN(c2ccccc2)C1.I. The van der Waals surface area contributed by atoms with Crippen LogP contribution in [0.25, 0.3) is 0 Å². The molecular weight excluding hydrogens is 489 g/mol. The Morgan fingerprint density at radius 3 is 2.64 bits per heavy atom. The number of nitrogens with zero attached hydrogens (tertiary/aromatic N) is 3. The fourth-order valence-electron chi connectivity index (χ4n) is 3.11. The average Bonchev–Trinajstić information content (AvgIpc) is 3.14. The smallest absolute Gasteiger partial charge is 0.213 e. The van der Waals surface area contributed by atoms with Gasteiger partial charge in [0.25, 0.3) is 0 Å². The van der Waals surface area contributed by atoms with E-state index in [0.717, 1.165) is 32.0 Å². The lowest BCUT2D eigenvalue weighted by atomic mass is 10.3. The van der Waals surface area contributed by atoms with Crippen molar-refractivity contribution in [1.82, 2.24) is 14.9 Å². The Morgan fingerprint density at radius 1 is 1.29 bits per heavy atom. The lowest BCUT2D eigenvalue weighted by molar-refractivity contribution is 0.464. The number of nitrogens with one attached hydrogen (secondary N) is 2. The summed E-state index contributed by atoms with van der Waals surface area (Å²) >= 11 is 0. The maximum atomic E-state index is 11.8. The van der Waals surface area contributed by atoms with E-state index >= 15 is 0 Å². The van der Waals surface area contributed by atoms with E-state index in [1.165, 1.54) is 9.99 Å². The first kappa shape index (κ1) is 25.0. The number of rotatable bonds is 9. The topological polar surface area (TPSA) is 77.0 Å². The van der Waals surface area contributed by atoms with Crippen molar-refractivity contribution in [3.8, 4) is 0 Å². The van der Waals surface area contributed by atoms with Crippen LogP contribution in [0.1, 0.15) is 26.7 Å². The maximum Gasteiger partial charge on any atom is 0.213 e. The van der Waals surface area contributed by atoms with Gasteiger partial charge in [-0.05, 0) is 38.8 Å². The lowest BCUT2D eigenvalue weighted by Gasteiger charge is -2.20. The summed E-state index contributed by atoms with van der Waals surface area (Å²) in [6, 6.07) is 10.8. The van der Waals surface area contributed by atoms with Crippen LogP contribution < -0.4 is 15.5 Å². The molecule has 0 aromatic heterocycles. The molecule has 1 aromatic rings. The molecule has 2 rings (SSSR count). The molecule has 2 N–H and O–H groups in total. The first-order valence-corrected chi connectivity index (χ1v) is 11.4. The molecule has 0 bridgehead atoms. The van der Waals surface area contributed by atoms with Crippen LogP contribution in [0.4, 0.5) is 5.69 Å². The fourth-order valence-corrected chi connectivity index (χ4v) is 3.96. The quantitative estimate of drug-likeness (QED) is 0.225. The number of para-hydroxylation sites is 1. The van der Waals surface area contributed by atoms with Gasteiger partial charge in [0.1, 0.15) is 0 Å². The third kappa shape index (κ3) is 7.75. The summed E-state index contributed by atoms with van der Waals surface area (Å²) in [5, 5.41) is 6.79. The Labute approximate surface area is 187 Å². The summed E-state index contributed by atoms with van der Waals surface area (Å²) in [4.78, 5) is 6.99. The first-order chi connectivity index (χ1) is 13.0. The van der Waals surface area contributed by atoms with Crippen molar-refractivity contribution >= 4 is 45.6 Å². The summed E-state index contributed by atoms with van der Waals surface area (Å²) in [7, 11) is -1.48. The van der Waals surface area contributed by atoms with Gasteiger partial charge in [-0.1, -0.05) is 18.2 Å². The van der Waals surface area contributed by atoms with Gasteiger partial charge in [0.2, 0.25) is 10.0 Å². The summed E-state index contributed by atoms with van der Waals surface area (Å²) in [5.74, 6) is 0.940. The van der Waals surface area contributed by atoms with Crippen LogP contribution in [0.15, 0.2) is 35.3 Å². The van der Waals surface area contributed by atoms with Crippen molar-refractivity contribution in [2.24, 2.45) is 4.99 Å². The highest BCUT2D eigenvalue weighted by atomic mass is 127. The first-order valence-electron chi connectivity index (χ1n) is 9.75. The van der Waals surface area contributed by atoms with Crippen LogP contribution >= 0.6 is 24.0 Å². The van der Waals surface area contributed by atoms with E-state index in [0.29, 0.717) is 25.6 Å². The highest BCUT2D eigenvalue weighted by Gasteiger charge is 2.23. The van der Waals surface area contributed by atoms with E-state index in [-0.39, 0.29) is 29.7 Å². The lowest BCUT2D eigenvalue weighted by Crippen LogP contribution is -2.44. The Bertz CT molecular complexity index is 700. The number of sulfonamides is 1. The van der Waals surface area contributed by atoms with E-state index in [9.17, 15) is 8.42 Å². The Kier molecular flexibility index (Phi) is 11.1. The Morgan fingerprint density at radius 2 is 2.00 bits per heavy atom. The molecule has 1 atom stereocenters. The van der Waals surface area contributed by atoms with Gasteiger partial charge in [-0.15, -0.1) is 24.0 Å². The van der Waals surface area contributed by atoms with Crippen molar-refractivity contribution in [3.05, 3.63) is 30.3 Å². The van der Waals surface area contributed by atoms with Crippen molar-refractivity contribution in [2.45, 2.75) is 32.7 Å². The summed E-state index contributed by atoms with van der Waals surface area (Å²) in [6.45, 7) is 7.57. The van der Waals surface area contributed by atoms with Crippen molar-refractivity contribution < 1.29 is 8.42 Å². The molecule has 1 fully saturated rings. The van der Waals surface area contributed by atoms with Crippen molar-refractivity contribution in [1.29, 1.82) is 0 Å². The summed E-state index contributed by atoms with van der Waals surface area (Å²) in [5.41, 5.74) is 1.25. The Balaban J connectivity index is 0.00000392. The van der Waals surface area contributed by atoms with E-state index < -0.39 is 10.0 Å². The minimum absolute atomic E-state index is 0. The zero-order valence-corrected chi connectivity index (χ0v) is 20.2. The molecule has 160 valence electrons. The van der Waals surface area contributed by atoms with Crippen LogP contribution in [-0.4, -0.2) is 70.2 Å². The normalized spacial score (nSPS) is 17.5. The van der Waals surface area contributed by atoms with E-state index in [1.807, 2.05) is 13.0 Å². The molecule has 28 heavy (non-hydrogen) atoms. The average molecular weight is 523 g/mol. The molecule has 1 aliphatic heterocycles. The number of halogens is 1.